The summed E-state index contributed by atoms with van der Waals surface area (Å²) in [7, 11) is 0. The van der Waals surface area contributed by atoms with Crippen molar-refractivity contribution in [3.8, 4) is 5.75 Å². The molecule has 0 unspecified atom stereocenters. The van der Waals surface area contributed by atoms with E-state index in [9.17, 15) is 4.79 Å². The number of hydrogen-bond donors (Lipinski definition) is 1. The standard InChI is InChI=1S/C21H23IN4O2S/c1-4-26-20(15(3)28-17-8-6-5-7-9-17)24-25-21(26)29-13-19(27)23-18-11-10-16(22)12-14(18)2/h5-12,15H,4,13H2,1-3H3,(H,23,27)/t15-/m0/s1. The van der Waals surface area contributed by atoms with E-state index in [1.165, 1.54) is 11.8 Å². The lowest BCUT2D eigenvalue weighted by molar-refractivity contribution is -0.113. The van der Waals surface area contributed by atoms with E-state index in [1.54, 1.807) is 0 Å². The lowest BCUT2D eigenvalue weighted by atomic mass is 10.2. The first kappa shape index (κ1) is 21.6. The number of nitrogens with zero attached hydrogens (tertiary/aromatic N) is 3. The molecule has 1 heterocycles. The highest BCUT2D eigenvalue weighted by Crippen LogP contribution is 2.25. The Balaban J connectivity index is 1.63. The van der Waals surface area contributed by atoms with E-state index < -0.39 is 0 Å². The zero-order valence-electron chi connectivity index (χ0n) is 16.6. The van der Waals surface area contributed by atoms with Crippen LogP contribution in [0.4, 0.5) is 5.69 Å². The Kier molecular flexibility index (Phi) is 7.54. The summed E-state index contributed by atoms with van der Waals surface area (Å²) in [6.45, 7) is 6.66. The molecule has 0 bridgehead atoms. The Morgan fingerprint density at radius 2 is 2.00 bits per heavy atom. The second-order valence-corrected chi connectivity index (χ2v) is 8.64. The third-order valence-corrected chi connectivity index (χ3v) is 5.91. The molecule has 0 radical (unpaired) electrons. The Morgan fingerprint density at radius 3 is 2.69 bits per heavy atom. The van der Waals surface area contributed by atoms with Gasteiger partial charge in [0.25, 0.3) is 0 Å². The summed E-state index contributed by atoms with van der Waals surface area (Å²) in [5.74, 6) is 1.72. The second kappa shape index (κ2) is 10.1. The summed E-state index contributed by atoms with van der Waals surface area (Å²) in [6, 6.07) is 15.6. The molecule has 3 rings (SSSR count). The average Bonchev–Trinajstić information content (AvgIpc) is 3.12. The molecule has 1 atom stereocenters. The lowest BCUT2D eigenvalue weighted by Gasteiger charge is -2.15. The molecule has 1 N–H and O–H groups in total. The first-order chi connectivity index (χ1) is 14.0. The first-order valence-electron chi connectivity index (χ1n) is 9.31. The number of ether oxygens (including phenoxy) is 1. The molecule has 0 saturated carbocycles. The summed E-state index contributed by atoms with van der Waals surface area (Å²) in [4.78, 5) is 12.4. The quantitative estimate of drug-likeness (QED) is 0.330. The molecule has 1 aromatic heterocycles. The fourth-order valence-electron chi connectivity index (χ4n) is 2.84. The van der Waals surface area contributed by atoms with E-state index in [4.69, 9.17) is 4.74 Å². The Bertz CT molecular complexity index is 978. The summed E-state index contributed by atoms with van der Waals surface area (Å²) in [6.07, 6.45) is -0.248. The van der Waals surface area contributed by atoms with E-state index in [2.05, 4.69) is 38.1 Å². The molecule has 152 valence electrons. The minimum Gasteiger partial charge on any atom is -0.483 e. The molecular formula is C21H23IN4O2S. The Hall–Kier alpha value is -2.07. The van der Waals surface area contributed by atoms with Gasteiger partial charge in [-0.3, -0.25) is 4.79 Å². The van der Waals surface area contributed by atoms with Gasteiger partial charge >= 0.3 is 0 Å². The van der Waals surface area contributed by atoms with E-state index in [1.807, 2.05) is 73.9 Å². The number of para-hydroxylation sites is 1. The minimum absolute atomic E-state index is 0.0694. The number of hydrogen-bond acceptors (Lipinski definition) is 5. The SMILES string of the molecule is CCn1c(SCC(=O)Nc2ccc(I)cc2C)nnc1[C@H](C)Oc1ccccc1. The van der Waals surface area contributed by atoms with Gasteiger partial charge in [-0.2, -0.15) is 0 Å². The topological polar surface area (TPSA) is 69.0 Å². The van der Waals surface area contributed by atoms with Crippen molar-refractivity contribution in [2.45, 2.75) is 38.6 Å². The largest absolute Gasteiger partial charge is 0.483 e. The summed E-state index contributed by atoms with van der Waals surface area (Å²) in [5, 5.41) is 12.2. The molecular weight excluding hydrogens is 499 g/mol. The number of benzene rings is 2. The predicted molar refractivity (Wildman–Crippen MR) is 124 cm³/mol. The first-order valence-corrected chi connectivity index (χ1v) is 11.4. The van der Waals surface area contributed by atoms with Gasteiger partial charge in [-0.1, -0.05) is 30.0 Å². The number of halogens is 1. The van der Waals surface area contributed by atoms with Crippen LogP contribution in [0.25, 0.3) is 0 Å². The fraction of sp³-hybridized carbons (Fsp3) is 0.286. The van der Waals surface area contributed by atoms with Gasteiger partial charge in [0.2, 0.25) is 5.91 Å². The van der Waals surface area contributed by atoms with E-state index in [-0.39, 0.29) is 17.8 Å². The molecule has 8 heteroatoms. The number of thioether (sulfide) groups is 1. The van der Waals surface area contributed by atoms with Crippen molar-refractivity contribution in [1.29, 1.82) is 0 Å². The lowest BCUT2D eigenvalue weighted by Crippen LogP contribution is -2.16. The van der Waals surface area contributed by atoms with Crippen LogP contribution in [0.2, 0.25) is 0 Å². The average molecular weight is 522 g/mol. The molecule has 0 saturated heterocycles. The van der Waals surface area contributed by atoms with Crippen molar-refractivity contribution in [3.63, 3.8) is 0 Å². The monoisotopic (exact) mass is 522 g/mol. The number of anilines is 1. The maximum absolute atomic E-state index is 12.4. The molecule has 6 nitrogen and oxygen atoms in total. The van der Waals surface area contributed by atoms with Crippen LogP contribution in [0.1, 0.15) is 31.3 Å². The number of amides is 1. The predicted octanol–water partition coefficient (Wildman–Crippen LogP) is 5.08. The van der Waals surface area contributed by atoms with Crippen LogP contribution in [-0.2, 0) is 11.3 Å². The Labute approximate surface area is 188 Å². The molecule has 29 heavy (non-hydrogen) atoms. The van der Waals surface area contributed by atoms with Crippen LogP contribution in [0, 0.1) is 10.5 Å². The van der Waals surface area contributed by atoms with Crippen molar-refractivity contribution >= 4 is 45.9 Å². The number of carbonyl (C=O) groups excluding carboxylic acids is 1. The maximum Gasteiger partial charge on any atom is 0.234 e. The van der Waals surface area contributed by atoms with Crippen LogP contribution in [0.3, 0.4) is 0 Å². The molecule has 3 aromatic rings. The van der Waals surface area contributed by atoms with Gasteiger partial charge in [-0.25, -0.2) is 0 Å². The zero-order chi connectivity index (χ0) is 20.8. The summed E-state index contributed by atoms with van der Waals surface area (Å²) >= 11 is 3.63. The summed E-state index contributed by atoms with van der Waals surface area (Å²) < 4.78 is 9.10. The Morgan fingerprint density at radius 1 is 1.24 bits per heavy atom. The van der Waals surface area contributed by atoms with Crippen molar-refractivity contribution in [3.05, 3.63) is 63.5 Å². The normalized spacial score (nSPS) is 11.9. The highest BCUT2D eigenvalue weighted by atomic mass is 127. The third kappa shape index (κ3) is 5.72. The van der Waals surface area contributed by atoms with Crippen molar-refractivity contribution in [2.75, 3.05) is 11.1 Å². The molecule has 0 aliphatic rings. The van der Waals surface area contributed by atoms with Crippen LogP contribution in [0.5, 0.6) is 5.75 Å². The van der Waals surface area contributed by atoms with Crippen molar-refractivity contribution in [2.24, 2.45) is 0 Å². The third-order valence-electron chi connectivity index (χ3n) is 4.28. The van der Waals surface area contributed by atoms with E-state index in [0.717, 1.165) is 26.4 Å². The number of aromatic nitrogens is 3. The second-order valence-electron chi connectivity index (χ2n) is 6.45. The van der Waals surface area contributed by atoms with Gasteiger partial charge in [-0.05, 0) is 79.3 Å². The number of carbonyl (C=O) groups is 1. The highest BCUT2D eigenvalue weighted by molar-refractivity contribution is 14.1. The molecule has 0 fully saturated rings. The van der Waals surface area contributed by atoms with Crippen LogP contribution >= 0.6 is 34.4 Å². The molecule has 0 aliphatic carbocycles. The van der Waals surface area contributed by atoms with Gasteiger partial charge in [0.1, 0.15) is 5.75 Å². The van der Waals surface area contributed by atoms with Crippen LogP contribution in [0.15, 0.2) is 53.7 Å². The van der Waals surface area contributed by atoms with E-state index in [0.29, 0.717) is 11.7 Å². The zero-order valence-corrected chi connectivity index (χ0v) is 19.5. The number of aryl methyl sites for hydroxylation is 1. The molecule has 0 aliphatic heterocycles. The van der Waals surface area contributed by atoms with Crippen molar-refractivity contribution < 1.29 is 9.53 Å². The maximum atomic E-state index is 12.4. The fourth-order valence-corrected chi connectivity index (χ4v) is 4.30. The van der Waals surface area contributed by atoms with Crippen LogP contribution in [-0.4, -0.2) is 26.4 Å². The van der Waals surface area contributed by atoms with Gasteiger partial charge in [0.15, 0.2) is 17.1 Å². The minimum atomic E-state index is -0.248. The van der Waals surface area contributed by atoms with Gasteiger partial charge in [0.05, 0.1) is 5.75 Å². The summed E-state index contributed by atoms with van der Waals surface area (Å²) in [5.41, 5.74) is 1.87. The number of nitrogens with one attached hydrogen (secondary N) is 1. The smallest absolute Gasteiger partial charge is 0.234 e. The molecule has 2 aromatic carbocycles. The number of rotatable bonds is 8. The van der Waals surface area contributed by atoms with Crippen molar-refractivity contribution in [1.82, 2.24) is 14.8 Å². The van der Waals surface area contributed by atoms with Gasteiger partial charge in [0, 0.05) is 15.8 Å². The van der Waals surface area contributed by atoms with Gasteiger partial charge in [-0.15, -0.1) is 10.2 Å². The molecule has 1 amide bonds. The van der Waals surface area contributed by atoms with Crippen LogP contribution < -0.4 is 10.1 Å². The van der Waals surface area contributed by atoms with Gasteiger partial charge < -0.3 is 14.6 Å². The highest BCUT2D eigenvalue weighted by Gasteiger charge is 2.19. The molecule has 0 spiro atoms. The van der Waals surface area contributed by atoms with E-state index >= 15 is 0 Å².